The van der Waals surface area contributed by atoms with Gasteiger partial charge in [-0.05, 0) is 37.6 Å². The minimum absolute atomic E-state index is 0. The van der Waals surface area contributed by atoms with Gasteiger partial charge in [-0.25, -0.2) is 0 Å². The van der Waals surface area contributed by atoms with Crippen LogP contribution < -0.4 is 10.1 Å². The molecule has 0 aromatic heterocycles. The Kier molecular flexibility index (Phi) is 4.23. The van der Waals surface area contributed by atoms with Gasteiger partial charge >= 0.3 is 0 Å². The van der Waals surface area contributed by atoms with Crippen molar-refractivity contribution in [2.24, 2.45) is 0 Å². The Hall–Kier alpha value is -0.730. The van der Waals surface area contributed by atoms with Crippen LogP contribution in [0.15, 0.2) is 24.3 Å². The summed E-state index contributed by atoms with van der Waals surface area (Å²) in [6, 6.07) is 8.89. The zero-order valence-electron chi connectivity index (χ0n) is 8.32. The van der Waals surface area contributed by atoms with Crippen molar-refractivity contribution in [2.75, 3.05) is 13.2 Å². The van der Waals surface area contributed by atoms with Gasteiger partial charge in [-0.15, -0.1) is 12.4 Å². The van der Waals surface area contributed by atoms with Crippen LogP contribution in [0.4, 0.5) is 0 Å². The first-order valence-corrected chi connectivity index (χ1v) is 4.86. The van der Waals surface area contributed by atoms with E-state index in [9.17, 15) is 0 Å². The molecule has 0 radical (unpaired) electrons. The summed E-state index contributed by atoms with van der Waals surface area (Å²) in [7, 11) is 0. The lowest BCUT2D eigenvalue weighted by molar-refractivity contribution is 0.336. The van der Waals surface area contributed by atoms with Crippen LogP contribution in [-0.2, 0) is 0 Å². The summed E-state index contributed by atoms with van der Waals surface area (Å²) in [5, 5.41) is 3.38. The fourth-order valence-corrected chi connectivity index (χ4v) is 1.56. The molecule has 1 atom stereocenters. The van der Waals surface area contributed by atoms with Gasteiger partial charge in [0.25, 0.3) is 0 Å². The van der Waals surface area contributed by atoms with Crippen molar-refractivity contribution in [3.05, 3.63) is 29.8 Å². The largest absolute Gasteiger partial charge is 0.494 e. The number of hydrogen-bond donors (Lipinski definition) is 1. The van der Waals surface area contributed by atoms with E-state index in [1.54, 1.807) is 0 Å². The lowest BCUT2D eigenvalue weighted by Crippen LogP contribution is -2.34. The average Bonchev–Trinajstić information content (AvgIpc) is 2.02. The van der Waals surface area contributed by atoms with Crippen molar-refractivity contribution in [1.82, 2.24) is 5.32 Å². The maximum atomic E-state index is 5.44. The van der Waals surface area contributed by atoms with Crippen LogP contribution in [0.5, 0.6) is 5.75 Å². The van der Waals surface area contributed by atoms with Gasteiger partial charge < -0.3 is 10.1 Å². The average molecular weight is 214 g/mol. The maximum absolute atomic E-state index is 5.44. The van der Waals surface area contributed by atoms with Gasteiger partial charge in [0.05, 0.1) is 6.61 Å². The van der Waals surface area contributed by atoms with Crippen LogP contribution >= 0.6 is 12.4 Å². The van der Waals surface area contributed by atoms with Crippen LogP contribution in [0.25, 0.3) is 0 Å². The molecule has 78 valence electrons. The second kappa shape index (κ2) is 5.23. The molecule has 14 heavy (non-hydrogen) atoms. The normalized spacial score (nSPS) is 19.4. The van der Waals surface area contributed by atoms with Crippen LogP contribution in [0, 0.1) is 0 Å². The second-order valence-corrected chi connectivity index (χ2v) is 3.30. The second-order valence-electron chi connectivity index (χ2n) is 3.30. The van der Waals surface area contributed by atoms with E-state index in [1.165, 1.54) is 12.0 Å². The molecule has 1 aliphatic heterocycles. The summed E-state index contributed by atoms with van der Waals surface area (Å²) in [6.45, 7) is 3.89. The molecular weight excluding hydrogens is 198 g/mol. The van der Waals surface area contributed by atoms with E-state index in [-0.39, 0.29) is 12.4 Å². The molecule has 0 aliphatic carbocycles. The molecule has 0 bridgehead atoms. The molecule has 0 spiro atoms. The highest BCUT2D eigenvalue weighted by molar-refractivity contribution is 5.85. The number of nitrogens with one attached hydrogen (secondary N) is 1. The van der Waals surface area contributed by atoms with Crippen molar-refractivity contribution in [3.8, 4) is 5.75 Å². The van der Waals surface area contributed by atoms with Crippen molar-refractivity contribution >= 4 is 12.4 Å². The third-order valence-electron chi connectivity index (χ3n) is 2.40. The van der Waals surface area contributed by atoms with E-state index in [0.717, 1.165) is 18.9 Å². The molecular formula is C11H16ClNO. The Labute approximate surface area is 91.1 Å². The van der Waals surface area contributed by atoms with Crippen molar-refractivity contribution < 1.29 is 4.74 Å². The summed E-state index contributed by atoms with van der Waals surface area (Å²) >= 11 is 0. The predicted octanol–water partition coefficient (Wildman–Crippen LogP) is 2.54. The predicted molar refractivity (Wildman–Crippen MR) is 60.2 cm³/mol. The van der Waals surface area contributed by atoms with Crippen LogP contribution in [0.3, 0.4) is 0 Å². The number of benzene rings is 1. The molecule has 1 fully saturated rings. The first kappa shape index (κ1) is 11.3. The third-order valence-corrected chi connectivity index (χ3v) is 2.40. The smallest absolute Gasteiger partial charge is 0.119 e. The molecule has 0 saturated carbocycles. The lowest BCUT2D eigenvalue weighted by atomic mass is 9.98. The van der Waals surface area contributed by atoms with Crippen molar-refractivity contribution in [3.63, 3.8) is 0 Å². The van der Waals surface area contributed by atoms with E-state index in [2.05, 4.69) is 23.5 Å². The fourth-order valence-electron chi connectivity index (χ4n) is 1.56. The topological polar surface area (TPSA) is 21.3 Å². The summed E-state index contributed by atoms with van der Waals surface area (Å²) in [5.74, 6) is 0.980. The van der Waals surface area contributed by atoms with Crippen LogP contribution in [-0.4, -0.2) is 13.2 Å². The minimum Gasteiger partial charge on any atom is -0.494 e. The molecule has 3 heteroatoms. The Morgan fingerprint density at radius 1 is 1.50 bits per heavy atom. The number of hydrogen-bond acceptors (Lipinski definition) is 2. The van der Waals surface area contributed by atoms with Crippen LogP contribution in [0.1, 0.15) is 24.9 Å². The lowest BCUT2D eigenvalue weighted by Gasteiger charge is -2.28. The van der Waals surface area contributed by atoms with Gasteiger partial charge in [-0.2, -0.15) is 0 Å². The van der Waals surface area contributed by atoms with E-state index in [4.69, 9.17) is 4.74 Å². The molecule has 2 nitrogen and oxygen atoms in total. The summed E-state index contributed by atoms with van der Waals surface area (Å²) in [4.78, 5) is 0. The van der Waals surface area contributed by atoms with Crippen molar-refractivity contribution in [1.29, 1.82) is 0 Å². The Morgan fingerprint density at radius 2 is 2.29 bits per heavy atom. The van der Waals surface area contributed by atoms with E-state index in [0.29, 0.717) is 6.04 Å². The minimum atomic E-state index is 0. The fraction of sp³-hybridized carbons (Fsp3) is 0.455. The van der Waals surface area contributed by atoms with Crippen molar-refractivity contribution in [2.45, 2.75) is 19.4 Å². The first-order valence-electron chi connectivity index (χ1n) is 4.86. The zero-order chi connectivity index (χ0) is 9.10. The SMILES string of the molecule is CCOc1cccc([C@H]2CCN2)c1.Cl. The van der Waals surface area contributed by atoms with E-state index in [1.807, 2.05) is 13.0 Å². The van der Waals surface area contributed by atoms with Gasteiger partial charge in [-0.1, -0.05) is 12.1 Å². The number of ether oxygens (including phenoxy) is 1. The summed E-state index contributed by atoms with van der Waals surface area (Å²) in [5.41, 5.74) is 1.34. The Bertz CT molecular complexity index is 286. The maximum Gasteiger partial charge on any atom is 0.119 e. The Morgan fingerprint density at radius 3 is 2.86 bits per heavy atom. The molecule has 1 aromatic rings. The molecule has 1 saturated heterocycles. The summed E-state index contributed by atoms with van der Waals surface area (Å²) < 4.78 is 5.44. The molecule has 0 unspecified atom stereocenters. The molecule has 1 aromatic carbocycles. The first-order chi connectivity index (χ1) is 6.40. The van der Waals surface area contributed by atoms with Gasteiger partial charge in [0.1, 0.15) is 5.75 Å². The highest BCUT2D eigenvalue weighted by atomic mass is 35.5. The number of rotatable bonds is 3. The molecule has 0 amide bonds. The number of halogens is 1. The third kappa shape index (κ3) is 2.40. The van der Waals surface area contributed by atoms with E-state index < -0.39 is 0 Å². The molecule has 1 N–H and O–H groups in total. The summed E-state index contributed by atoms with van der Waals surface area (Å²) in [6.07, 6.45) is 1.25. The van der Waals surface area contributed by atoms with Gasteiger partial charge in [0, 0.05) is 6.04 Å². The molecule has 1 heterocycles. The zero-order valence-corrected chi connectivity index (χ0v) is 9.14. The van der Waals surface area contributed by atoms with E-state index >= 15 is 0 Å². The molecule has 2 rings (SSSR count). The van der Waals surface area contributed by atoms with Gasteiger partial charge in [0.15, 0.2) is 0 Å². The quantitative estimate of drug-likeness (QED) is 0.834. The highest BCUT2D eigenvalue weighted by Crippen LogP contribution is 2.25. The standard InChI is InChI=1S/C11H15NO.ClH/c1-2-13-10-5-3-4-9(8-10)11-6-7-12-11;/h3-5,8,11-12H,2,6-7H2,1H3;1H/t11-;/m1./s1. The van der Waals surface area contributed by atoms with Gasteiger partial charge in [-0.3, -0.25) is 0 Å². The monoisotopic (exact) mass is 213 g/mol. The van der Waals surface area contributed by atoms with Crippen LogP contribution in [0.2, 0.25) is 0 Å². The van der Waals surface area contributed by atoms with Gasteiger partial charge in [0.2, 0.25) is 0 Å². The highest BCUT2D eigenvalue weighted by Gasteiger charge is 2.18. The molecule has 1 aliphatic rings. The Balaban J connectivity index is 0.000000980.